The number of hydrogen-bond donors (Lipinski definition) is 1. The van der Waals surface area contributed by atoms with Gasteiger partial charge in [0.15, 0.2) is 17.6 Å². The lowest BCUT2D eigenvalue weighted by Gasteiger charge is -2.19. The smallest absolute Gasteiger partial charge is 0.261 e. The molecule has 0 saturated heterocycles. The number of hydrogen-bond acceptors (Lipinski definition) is 5. The lowest BCUT2D eigenvalue weighted by molar-refractivity contribution is -0.128. The van der Waals surface area contributed by atoms with E-state index in [2.05, 4.69) is 12.2 Å². The van der Waals surface area contributed by atoms with Crippen LogP contribution in [0.1, 0.15) is 31.4 Å². The number of nitrogens with one attached hydrogen (secondary N) is 1. The highest BCUT2D eigenvalue weighted by Gasteiger charge is 2.20. The molecule has 0 aliphatic rings. The van der Waals surface area contributed by atoms with Crippen LogP contribution in [0.3, 0.4) is 0 Å². The van der Waals surface area contributed by atoms with Crippen LogP contribution in [0, 0.1) is 0 Å². The molecule has 0 aliphatic carbocycles. The van der Waals surface area contributed by atoms with E-state index in [1.54, 1.807) is 27.4 Å². The minimum absolute atomic E-state index is 0.182. The third-order valence-electron chi connectivity index (χ3n) is 4.51. The van der Waals surface area contributed by atoms with Crippen molar-refractivity contribution in [3.63, 3.8) is 0 Å². The Morgan fingerprint density at radius 3 is 2.14 bits per heavy atom. The van der Waals surface area contributed by atoms with Crippen LogP contribution in [0.5, 0.6) is 23.0 Å². The zero-order chi connectivity index (χ0) is 20.5. The fourth-order valence-electron chi connectivity index (χ4n) is 2.89. The molecule has 0 heterocycles. The molecular formula is C22H29NO5. The van der Waals surface area contributed by atoms with Crippen molar-refractivity contribution < 1.29 is 23.7 Å². The topological polar surface area (TPSA) is 66.0 Å². The molecule has 0 fully saturated rings. The lowest BCUT2D eigenvalue weighted by atomic mass is 10.1. The van der Waals surface area contributed by atoms with E-state index in [1.165, 1.54) is 5.56 Å². The van der Waals surface area contributed by atoms with E-state index < -0.39 is 6.10 Å². The molecule has 0 radical (unpaired) electrons. The number of rotatable bonds is 10. The predicted octanol–water partition coefficient (Wildman–Crippen LogP) is 3.75. The van der Waals surface area contributed by atoms with Crippen LogP contribution in [0.15, 0.2) is 36.4 Å². The predicted molar refractivity (Wildman–Crippen MR) is 108 cm³/mol. The molecule has 0 saturated carbocycles. The Labute approximate surface area is 166 Å². The van der Waals surface area contributed by atoms with Gasteiger partial charge in [0.25, 0.3) is 5.91 Å². The highest BCUT2D eigenvalue weighted by molar-refractivity contribution is 5.81. The molecule has 2 aromatic rings. The Kier molecular flexibility index (Phi) is 7.99. The van der Waals surface area contributed by atoms with Crippen molar-refractivity contribution in [3.8, 4) is 23.0 Å². The average molecular weight is 387 g/mol. The maximum atomic E-state index is 12.6. The van der Waals surface area contributed by atoms with Crippen molar-refractivity contribution in [2.45, 2.75) is 39.3 Å². The van der Waals surface area contributed by atoms with Gasteiger partial charge in [-0.2, -0.15) is 0 Å². The summed E-state index contributed by atoms with van der Waals surface area (Å²) in [5, 5.41) is 2.92. The molecule has 0 aliphatic heterocycles. The van der Waals surface area contributed by atoms with Crippen molar-refractivity contribution in [1.82, 2.24) is 5.32 Å². The number of ether oxygens (including phenoxy) is 4. The zero-order valence-electron chi connectivity index (χ0n) is 17.2. The van der Waals surface area contributed by atoms with Gasteiger partial charge in [-0.25, -0.2) is 0 Å². The molecule has 1 amide bonds. The first-order valence-corrected chi connectivity index (χ1v) is 9.38. The first kappa shape index (κ1) is 21.4. The molecular weight excluding hydrogens is 358 g/mol. The molecule has 2 rings (SSSR count). The largest absolute Gasteiger partial charge is 0.493 e. The number of amides is 1. The van der Waals surface area contributed by atoms with Crippen LogP contribution < -0.4 is 24.3 Å². The molecule has 0 bridgehead atoms. The second-order valence-corrected chi connectivity index (χ2v) is 6.22. The Hall–Kier alpha value is -2.89. The van der Waals surface area contributed by atoms with Gasteiger partial charge in [-0.05, 0) is 42.7 Å². The summed E-state index contributed by atoms with van der Waals surface area (Å²) in [5.74, 6) is 2.10. The summed E-state index contributed by atoms with van der Waals surface area (Å²) in [6.45, 7) is 4.30. The van der Waals surface area contributed by atoms with E-state index in [1.807, 2.05) is 37.3 Å². The SMILES string of the molecule is CCc1ccc(OC(CC)C(=O)NCc2ccc(OC)c(OC)c2OC)cc1. The maximum Gasteiger partial charge on any atom is 0.261 e. The molecule has 1 N–H and O–H groups in total. The summed E-state index contributed by atoms with van der Waals surface area (Å²) in [4.78, 5) is 12.6. The molecule has 152 valence electrons. The standard InChI is InChI=1S/C22H29NO5/c1-6-15-8-11-17(12-9-15)28-18(7-2)22(24)23-14-16-10-13-19(25-3)21(27-5)20(16)26-4/h8-13,18H,6-7,14H2,1-5H3,(H,23,24). The monoisotopic (exact) mass is 387 g/mol. The van der Waals surface area contributed by atoms with E-state index >= 15 is 0 Å². The summed E-state index contributed by atoms with van der Waals surface area (Å²) in [7, 11) is 4.67. The molecule has 2 aromatic carbocycles. The third-order valence-corrected chi connectivity index (χ3v) is 4.51. The number of carbonyl (C=O) groups excluding carboxylic acids is 1. The number of benzene rings is 2. The first-order valence-electron chi connectivity index (χ1n) is 9.38. The number of methoxy groups -OCH3 is 3. The van der Waals surface area contributed by atoms with Crippen molar-refractivity contribution in [2.75, 3.05) is 21.3 Å². The van der Waals surface area contributed by atoms with Crippen LogP contribution >= 0.6 is 0 Å². The Morgan fingerprint density at radius 1 is 0.929 bits per heavy atom. The van der Waals surface area contributed by atoms with Crippen LogP contribution in [0.4, 0.5) is 0 Å². The summed E-state index contributed by atoms with van der Waals surface area (Å²) < 4.78 is 22.0. The summed E-state index contributed by atoms with van der Waals surface area (Å²) in [6, 6.07) is 11.4. The van der Waals surface area contributed by atoms with E-state index in [4.69, 9.17) is 18.9 Å². The summed E-state index contributed by atoms with van der Waals surface area (Å²) >= 11 is 0. The Morgan fingerprint density at radius 2 is 1.61 bits per heavy atom. The van der Waals surface area contributed by atoms with Gasteiger partial charge in [0.1, 0.15) is 5.75 Å². The Bertz CT molecular complexity index is 773. The van der Waals surface area contributed by atoms with Gasteiger partial charge in [-0.1, -0.05) is 26.0 Å². The second kappa shape index (κ2) is 10.4. The molecule has 6 heteroatoms. The molecule has 1 unspecified atom stereocenters. The highest BCUT2D eigenvalue weighted by atomic mass is 16.5. The lowest BCUT2D eigenvalue weighted by Crippen LogP contribution is -2.37. The van der Waals surface area contributed by atoms with Gasteiger partial charge in [-0.3, -0.25) is 4.79 Å². The van der Waals surface area contributed by atoms with Gasteiger partial charge in [0, 0.05) is 12.1 Å². The van der Waals surface area contributed by atoms with Crippen molar-refractivity contribution in [1.29, 1.82) is 0 Å². The summed E-state index contributed by atoms with van der Waals surface area (Å²) in [5.41, 5.74) is 2.01. The van der Waals surface area contributed by atoms with Crippen molar-refractivity contribution in [3.05, 3.63) is 47.5 Å². The fraction of sp³-hybridized carbons (Fsp3) is 0.409. The van der Waals surface area contributed by atoms with Gasteiger partial charge in [0.2, 0.25) is 5.75 Å². The van der Waals surface area contributed by atoms with Gasteiger partial charge in [-0.15, -0.1) is 0 Å². The minimum atomic E-state index is -0.571. The van der Waals surface area contributed by atoms with Crippen LogP contribution in [-0.2, 0) is 17.8 Å². The number of aryl methyl sites for hydroxylation is 1. The van der Waals surface area contributed by atoms with Crippen molar-refractivity contribution in [2.24, 2.45) is 0 Å². The molecule has 1 atom stereocenters. The molecule has 6 nitrogen and oxygen atoms in total. The normalized spacial score (nSPS) is 11.5. The van der Waals surface area contributed by atoms with E-state index in [9.17, 15) is 4.79 Å². The quantitative estimate of drug-likeness (QED) is 0.673. The third kappa shape index (κ3) is 5.09. The van der Waals surface area contributed by atoms with Crippen LogP contribution in [-0.4, -0.2) is 33.3 Å². The number of carbonyl (C=O) groups is 1. The van der Waals surface area contributed by atoms with E-state index in [0.29, 0.717) is 29.4 Å². The Balaban J connectivity index is 2.06. The summed E-state index contributed by atoms with van der Waals surface area (Å²) in [6.07, 6.45) is 0.953. The van der Waals surface area contributed by atoms with Gasteiger partial charge in [0.05, 0.1) is 21.3 Å². The van der Waals surface area contributed by atoms with Crippen LogP contribution in [0.25, 0.3) is 0 Å². The average Bonchev–Trinajstić information content (AvgIpc) is 2.75. The van der Waals surface area contributed by atoms with Gasteiger partial charge < -0.3 is 24.3 Å². The van der Waals surface area contributed by atoms with Crippen molar-refractivity contribution >= 4 is 5.91 Å². The maximum absolute atomic E-state index is 12.6. The second-order valence-electron chi connectivity index (χ2n) is 6.22. The van der Waals surface area contributed by atoms with E-state index in [0.717, 1.165) is 12.0 Å². The van der Waals surface area contributed by atoms with E-state index in [-0.39, 0.29) is 12.5 Å². The van der Waals surface area contributed by atoms with Gasteiger partial charge >= 0.3 is 0 Å². The molecule has 28 heavy (non-hydrogen) atoms. The molecule has 0 aromatic heterocycles. The highest BCUT2D eigenvalue weighted by Crippen LogP contribution is 2.39. The van der Waals surface area contributed by atoms with Crippen LogP contribution in [0.2, 0.25) is 0 Å². The minimum Gasteiger partial charge on any atom is -0.493 e. The fourth-order valence-corrected chi connectivity index (χ4v) is 2.89. The molecule has 0 spiro atoms. The first-order chi connectivity index (χ1) is 13.6. The zero-order valence-corrected chi connectivity index (χ0v) is 17.2.